The van der Waals surface area contributed by atoms with E-state index in [0.29, 0.717) is 18.1 Å². The van der Waals surface area contributed by atoms with Crippen molar-refractivity contribution in [2.24, 2.45) is 0 Å². The fourth-order valence-corrected chi connectivity index (χ4v) is 5.93. The van der Waals surface area contributed by atoms with Crippen LogP contribution in [0.1, 0.15) is 40.8 Å². The highest BCUT2D eigenvalue weighted by Crippen LogP contribution is 2.48. The third-order valence-electron chi connectivity index (χ3n) is 7.62. The number of carbonyl (C=O) groups excluding carboxylic acids is 2. The molecule has 1 fully saturated rings. The highest BCUT2D eigenvalue weighted by atomic mass is 35.5. The van der Waals surface area contributed by atoms with E-state index in [9.17, 15) is 9.59 Å². The highest BCUT2D eigenvalue weighted by Gasteiger charge is 2.56. The van der Waals surface area contributed by atoms with Crippen molar-refractivity contribution in [1.82, 2.24) is 14.8 Å². The lowest BCUT2D eigenvalue weighted by molar-refractivity contribution is -0.166. The van der Waals surface area contributed by atoms with Crippen LogP contribution < -0.4 is 0 Å². The topological polar surface area (TPSA) is 56.4 Å². The van der Waals surface area contributed by atoms with E-state index in [1.165, 1.54) is 5.56 Å². The van der Waals surface area contributed by atoms with E-state index in [1.807, 2.05) is 49.4 Å². The quantitative estimate of drug-likeness (QED) is 0.426. The predicted octanol–water partition coefficient (Wildman–Crippen LogP) is 5.36. The molecule has 176 valence electrons. The Labute approximate surface area is 209 Å². The summed E-state index contributed by atoms with van der Waals surface area (Å²) in [6.45, 7) is 4.74. The normalized spacial score (nSPS) is 21.9. The van der Waals surface area contributed by atoms with E-state index in [-0.39, 0.29) is 24.3 Å². The van der Waals surface area contributed by atoms with Gasteiger partial charge in [-0.3, -0.25) is 9.59 Å². The lowest BCUT2D eigenvalue weighted by atomic mass is 9.76. The fraction of sp³-hybridized carbons (Fsp3) is 0.241. The molecule has 2 atom stereocenters. The molecule has 3 aromatic carbocycles. The molecule has 5 nitrogen and oxygen atoms in total. The number of rotatable bonds is 3. The van der Waals surface area contributed by atoms with Crippen molar-refractivity contribution in [3.05, 3.63) is 106 Å². The van der Waals surface area contributed by atoms with Gasteiger partial charge in [0.2, 0.25) is 5.91 Å². The third-order valence-corrected chi connectivity index (χ3v) is 7.98. The van der Waals surface area contributed by atoms with Crippen LogP contribution in [-0.4, -0.2) is 39.7 Å². The van der Waals surface area contributed by atoms with Gasteiger partial charge in [-0.05, 0) is 42.7 Å². The number of piperazine rings is 1. The van der Waals surface area contributed by atoms with Crippen LogP contribution >= 0.6 is 11.6 Å². The van der Waals surface area contributed by atoms with Gasteiger partial charge >= 0.3 is 0 Å². The number of hydrogen-bond acceptors (Lipinski definition) is 2. The summed E-state index contributed by atoms with van der Waals surface area (Å²) in [6.07, 6.45) is 0. The summed E-state index contributed by atoms with van der Waals surface area (Å²) in [7, 11) is 0. The molecule has 6 rings (SSSR count). The molecule has 2 aliphatic rings. The lowest BCUT2D eigenvalue weighted by Gasteiger charge is -2.51. The number of aryl methyl sites for hydroxylation is 1. The Kier molecular flexibility index (Phi) is 5.01. The Bertz CT molecular complexity index is 1480. The summed E-state index contributed by atoms with van der Waals surface area (Å²) in [5, 5.41) is 1.69. The van der Waals surface area contributed by atoms with Gasteiger partial charge in [-0.1, -0.05) is 77.8 Å². The van der Waals surface area contributed by atoms with Crippen LogP contribution in [0.3, 0.4) is 0 Å². The zero-order valence-electron chi connectivity index (χ0n) is 19.7. The first-order chi connectivity index (χ1) is 16.9. The van der Waals surface area contributed by atoms with Crippen molar-refractivity contribution in [3.63, 3.8) is 0 Å². The van der Waals surface area contributed by atoms with Crippen molar-refractivity contribution < 1.29 is 9.59 Å². The number of H-pyrrole nitrogens is 1. The second-order valence-corrected chi connectivity index (χ2v) is 10.2. The molecule has 1 saturated heterocycles. The Hall–Kier alpha value is -3.57. The predicted molar refractivity (Wildman–Crippen MR) is 137 cm³/mol. The molecular formula is C29H26ClN3O2. The Balaban J connectivity index is 1.51. The minimum atomic E-state index is -1.12. The summed E-state index contributed by atoms with van der Waals surface area (Å²) in [6, 6.07) is 24.1. The number of halogens is 1. The number of aromatic amines is 1. The second-order valence-electron chi connectivity index (χ2n) is 9.75. The molecule has 0 unspecified atom stereocenters. The maximum atomic E-state index is 14.1. The van der Waals surface area contributed by atoms with E-state index in [1.54, 1.807) is 9.80 Å². The Morgan fingerprint density at radius 2 is 1.71 bits per heavy atom. The van der Waals surface area contributed by atoms with Crippen molar-refractivity contribution in [3.8, 4) is 0 Å². The minimum Gasteiger partial charge on any atom is -0.356 e. The summed E-state index contributed by atoms with van der Waals surface area (Å²) in [5.41, 5.74) is 4.92. The van der Waals surface area contributed by atoms with E-state index in [2.05, 4.69) is 42.2 Å². The SMILES string of the molecule is Cc1ccc([C@@H]2CN3C(=O)CN(Cc4ccccc4Cl)C(=O)[C@]3(C)c3[nH]c4ccccc4c32)cc1. The maximum absolute atomic E-state index is 14.1. The molecule has 35 heavy (non-hydrogen) atoms. The molecule has 0 spiro atoms. The van der Waals surface area contributed by atoms with Gasteiger partial charge in [0.25, 0.3) is 5.91 Å². The largest absolute Gasteiger partial charge is 0.356 e. The molecule has 6 heteroatoms. The van der Waals surface area contributed by atoms with Crippen molar-refractivity contribution in [2.45, 2.75) is 31.8 Å². The summed E-state index contributed by atoms with van der Waals surface area (Å²) >= 11 is 6.39. The smallest absolute Gasteiger partial charge is 0.255 e. The zero-order chi connectivity index (χ0) is 24.3. The number of fused-ring (bicyclic) bond motifs is 5. The molecule has 2 amide bonds. The Morgan fingerprint density at radius 3 is 2.49 bits per heavy atom. The van der Waals surface area contributed by atoms with Gasteiger partial charge in [0.1, 0.15) is 6.54 Å². The average Bonchev–Trinajstić information content (AvgIpc) is 3.25. The zero-order valence-corrected chi connectivity index (χ0v) is 20.5. The van der Waals surface area contributed by atoms with Crippen LogP contribution in [0.5, 0.6) is 0 Å². The number of para-hydroxylation sites is 1. The number of hydrogen-bond donors (Lipinski definition) is 1. The number of benzene rings is 3. The molecule has 3 heterocycles. The molecule has 0 aliphatic carbocycles. The van der Waals surface area contributed by atoms with Crippen molar-refractivity contribution in [1.29, 1.82) is 0 Å². The summed E-state index contributed by atoms with van der Waals surface area (Å²) < 4.78 is 0. The molecule has 0 radical (unpaired) electrons. The van der Waals surface area contributed by atoms with Gasteiger partial charge in [-0.15, -0.1) is 0 Å². The van der Waals surface area contributed by atoms with Gasteiger partial charge in [-0.25, -0.2) is 0 Å². The first-order valence-corrected chi connectivity index (χ1v) is 12.3. The monoisotopic (exact) mass is 483 g/mol. The van der Waals surface area contributed by atoms with Gasteiger partial charge in [-0.2, -0.15) is 0 Å². The second kappa shape index (κ2) is 7.99. The van der Waals surface area contributed by atoms with E-state index >= 15 is 0 Å². The average molecular weight is 484 g/mol. The van der Waals surface area contributed by atoms with E-state index in [0.717, 1.165) is 33.3 Å². The van der Waals surface area contributed by atoms with E-state index in [4.69, 9.17) is 11.6 Å². The van der Waals surface area contributed by atoms with Crippen LogP contribution in [0.4, 0.5) is 0 Å². The van der Waals surface area contributed by atoms with Crippen LogP contribution in [0.2, 0.25) is 5.02 Å². The van der Waals surface area contributed by atoms with Crippen LogP contribution in [0.25, 0.3) is 10.9 Å². The van der Waals surface area contributed by atoms with Gasteiger partial charge in [0.05, 0.1) is 5.69 Å². The minimum absolute atomic E-state index is 0.0262. The van der Waals surface area contributed by atoms with Crippen LogP contribution in [0.15, 0.2) is 72.8 Å². The molecular weight excluding hydrogens is 458 g/mol. The third kappa shape index (κ3) is 3.29. The van der Waals surface area contributed by atoms with Crippen molar-refractivity contribution >= 4 is 34.3 Å². The molecule has 2 aliphatic heterocycles. The number of carbonyl (C=O) groups is 2. The fourth-order valence-electron chi connectivity index (χ4n) is 5.73. The molecule has 1 aromatic heterocycles. The van der Waals surface area contributed by atoms with Gasteiger partial charge in [0.15, 0.2) is 5.54 Å². The van der Waals surface area contributed by atoms with E-state index < -0.39 is 5.54 Å². The number of nitrogens with one attached hydrogen (secondary N) is 1. The van der Waals surface area contributed by atoms with Crippen molar-refractivity contribution in [2.75, 3.05) is 13.1 Å². The maximum Gasteiger partial charge on any atom is 0.255 e. The first kappa shape index (κ1) is 21.9. The van der Waals surface area contributed by atoms with Crippen LogP contribution in [0, 0.1) is 6.92 Å². The summed E-state index contributed by atoms with van der Waals surface area (Å²) in [5.74, 6) is -0.172. The number of aromatic nitrogens is 1. The molecule has 1 N–H and O–H groups in total. The summed E-state index contributed by atoms with van der Waals surface area (Å²) in [4.78, 5) is 34.7. The molecule has 0 saturated carbocycles. The molecule has 0 bridgehead atoms. The van der Waals surface area contributed by atoms with Gasteiger partial charge in [0, 0.05) is 34.9 Å². The Morgan fingerprint density at radius 1 is 1.00 bits per heavy atom. The van der Waals surface area contributed by atoms with Gasteiger partial charge < -0.3 is 14.8 Å². The number of nitrogens with zero attached hydrogens (tertiary/aromatic N) is 2. The lowest BCUT2D eigenvalue weighted by Crippen LogP contribution is -2.67. The standard InChI is InChI=1S/C29H26ClN3O2/c1-18-11-13-19(14-12-18)22-16-33-25(34)17-32(15-20-7-3-5-9-23(20)30)28(35)29(33,2)27-26(22)21-8-4-6-10-24(21)31-27/h3-14,22,31H,15-17H2,1-2H3/t22-,29-/m0/s1. The first-order valence-electron chi connectivity index (χ1n) is 11.9. The number of amides is 2. The molecule has 4 aromatic rings. The highest BCUT2D eigenvalue weighted by molar-refractivity contribution is 6.31. The van der Waals surface area contributed by atoms with Crippen LogP contribution in [-0.2, 0) is 21.7 Å².